The predicted molar refractivity (Wildman–Crippen MR) is 143 cm³/mol. The second kappa shape index (κ2) is 11.3. The lowest BCUT2D eigenvalue weighted by molar-refractivity contribution is -0.229. The summed E-state index contributed by atoms with van der Waals surface area (Å²) in [6.45, 7) is 13.2. The Hall–Kier alpha value is -1.80. The van der Waals surface area contributed by atoms with Crippen LogP contribution in [0, 0.1) is 0 Å². The second-order valence-corrected chi connectivity index (χ2v) is 12.2. The number of aliphatic hydroxyl groups excluding tert-OH is 4. The molecule has 6 heteroatoms. The maximum Gasteiger partial charge on any atom is 0.126 e. The van der Waals surface area contributed by atoms with E-state index in [9.17, 15) is 30.6 Å². The van der Waals surface area contributed by atoms with Gasteiger partial charge in [0, 0.05) is 12.8 Å². The van der Waals surface area contributed by atoms with E-state index in [0.29, 0.717) is 5.56 Å². The number of hydrogen-bond donors (Lipinski definition) is 6. The zero-order chi connectivity index (χ0) is 27.5. The molecule has 2 rings (SSSR count). The van der Waals surface area contributed by atoms with Crippen molar-refractivity contribution in [1.29, 1.82) is 0 Å². The summed E-state index contributed by atoms with van der Waals surface area (Å²) in [7, 11) is 0. The van der Waals surface area contributed by atoms with Crippen LogP contribution in [-0.2, 0) is 23.7 Å². The van der Waals surface area contributed by atoms with Gasteiger partial charge in [0.2, 0.25) is 0 Å². The highest BCUT2D eigenvalue weighted by molar-refractivity contribution is 5.36. The van der Waals surface area contributed by atoms with E-state index in [4.69, 9.17) is 0 Å². The van der Waals surface area contributed by atoms with Crippen LogP contribution in [0.5, 0.6) is 0 Å². The summed E-state index contributed by atoms with van der Waals surface area (Å²) < 4.78 is 0. The molecule has 0 radical (unpaired) electrons. The van der Waals surface area contributed by atoms with Crippen molar-refractivity contribution >= 4 is 0 Å². The largest absolute Gasteiger partial charge is 0.394 e. The van der Waals surface area contributed by atoms with E-state index in [0.717, 1.165) is 16.7 Å². The highest BCUT2D eigenvalue weighted by Crippen LogP contribution is 2.38. The maximum absolute atomic E-state index is 11.9. The van der Waals surface area contributed by atoms with Crippen LogP contribution >= 0.6 is 0 Å². The minimum absolute atomic E-state index is 0.0310. The summed E-state index contributed by atoms with van der Waals surface area (Å²) in [6.07, 6.45) is -5.59. The Balaban J connectivity index is 2.62. The van der Waals surface area contributed by atoms with Crippen molar-refractivity contribution in [2.75, 3.05) is 6.61 Å². The Bertz CT molecular complexity index is 991. The van der Waals surface area contributed by atoms with Crippen molar-refractivity contribution < 1.29 is 30.6 Å². The minimum Gasteiger partial charge on any atom is -0.394 e. The van der Waals surface area contributed by atoms with Gasteiger partial charge < -0.3 is 30.6 Å². The maximum atomic E-state index is 11.9. The third-order valence-electron chi connectivity index (χ3n) is 7.28. The predicted octanol–water partition coefficient (Wildman–Crippen LogP) is 3.01. The third kappa shape index (κ3) is 6.55. The zero-order valence-electron chi connectivity index (χ0n) is 22.9. The molecule has 202 valence electrons. The first-order chi connectivity index (χ1) is 16.5. The van der Waals surface area contributed by atoms with Gasteiger partial charge in [0.05, 0.1) is 12.2 Å². The van der Waals surface area contributed by atoms with Crippen molar-refractivity contribution in [3.63, 3.8) is 0 Å². The van der Waals surface area contributed by atoms with Crippen molar-refractivity contribution in [2.45, 2.75) is 108 Å². The summed E-state index contributed by atoms with van der Waals surface area (Å²) in [5, 5.41) is 66.3. The van der Waals surface area contributed by atoms with Crippen LogP contribution in [0.1, 0.15) is 77.1 Å². The first kappa shape index (κ1) is 30.4. The van der Waals surface area contributed by atoms with Crippen molar-refractivity contribution in [2.24, 2.45) is 0 Å². The molecule has 0 spiro atoms. The van der Waals surface area contributed by atoms with Gasteiger partial charge in [-0.2, -0.15) is 0 Å². The first-order valence-corrected chi connectivity index (χ1v) is 12.8. The Labute approximate surface area is 216 Å². The second-order valence-electron chi connectivity index (χ2n) is 12.2. The Kier molecular flexibility index (Phi) is 9.55. The van der Waals surface area contributed by atoms with Gasteiger partial charge in [0.25, 0.3) is 0 Å². The molecule has 0 aliphatic rings. The molecule has 0 fully saturated rings. The van der Waals surface area contributed by atoms with Gasteiger partial charge in [-0.25, -0.2) is 0 Å². The molecule has 6 nitrogen and oxygen atoms in total. The Morgan fingerprint density at radius 2 is 1.11 bits per heavy atom. The summed E-state index contributed by atoms with van der Waals surface area (Å²) in [5.41, 5.74) is -1.30. The summed E-state index contributed by atoms with van der Waals surface area (Å²) in [4.78, 5) is 0. The molecule has 0 aromatic heterocycles. The van der Waals surface area contributed by atoms with Crippen LogP contribution in [0.4, 0.5) is 0 Å². The highest BCUT2D eigenvalue weighted by Gasteiger charge is 2.54. The topological polar surface area (TPSA) is 121 Å². The summed E-state index contributed by atoms with van der Waals surface area (Å²) in [5.74, 6) is 0. The minimum atomic E-state index is -2.36. The standard InChI is InChI=1S/C30H46O6/c1-8-29(35,17-20-13-9-11-15-22(20)27(2,3)4)26(34)30(36,25(33)24(32)19-31)18-21-14-10-12-16-23(21)28(5,6)7/h9-16,24-26,31-36H,8,17-19H2,1-7H3/t24-,25+,26+,29?,30+/m0/s1. The molecular weight excluding hydrogens is 456 g/mol. The van der Waals surface area contributed by atoms with Gasteiger partial charge in [0.15, 0.2) is 0 Å². The smallest absolute Gasteiger partial charge is 0.126 e. The molecule has 0 aliphatic carbocycles. The molecule has 1 unspecified atom stereocenters. The fourth-order valence-corrected chi connectivity index (χ4v) is 5.12. The fraction of sp³-hybridized carbons (Fsp3) is 0.600. The van der Waals surface area contributed by atoms with E-state index in [1.165, 1.54) is 0 Å². The van der Waals surface area contributed by atoms with Crippen LogP contribution in [-0.4, -0.2) is 66.8 Å². The zero-order valence-corrected chi connectivity index (χ0v) is 22.9. The lowest BCUT2D eigenvalue weighted by atomic mass is 9.69. The first-order valence-electron chi connectivity index (χ1n) is 12.8. The molecule has 0 aliphatic heterocycles. The normalized spacial score (nSPS) is 18.7. The van der Waals surface area contributed by atoms with Gasteiger partial charge in [0.1, 0.15) is 23.9 Å². The van der Waals surface area contributed by atoms with Crippen LogP contribution < -0.4 is 0 Å². The number of hydrogen-bond acceptors (Lipinski definition) is 6. The average molecular weight is 503 g/mol. The lowest BCUT2D eigenvalue weighted by Gasteiger charge is -2.46. The van der Waals surface area contributed by atoms with E-state index in [1.54, 1.807) is 19.1 Å². The molecular formula is C30H46O6. The van der Waals surface area contributed by atoms with Gasteiger partial charge in [-0.3, -0.25) is 0 Å². The van der Waals surface area contributed by atoms with Crippen molar-refractivity contribution in [1.82, 2.24) is 0 Å². The van der Waals surface area contributed by atoms with Gasteiger partial charge in [-0.05, 0) is 39.5 Å². The molecule has 0 heterocycles. The molecule has 0 saturated heterocycles. The van der Waals surface area contributed by atoms with E-state index in [1.807, 2.05) is 57.2 Å². The monoisotopic (exact) mass is 502 g/mol. The molecule has 2 aromatic rings. The Morgan fingerprint density at radius 1 is 0.694 bits per heavy atom. The molecule has 36 heavy (non-hydrogen) atoms. The summed E-state index contributed by atoms with van der Waals surface area (Å²) in [6, 6.07) is 15.1. The van der Waals surface area contributed by atoms with Gasteiger partial charge in [-0.1, -0.05) is 97.0 Å². The lowest BCUT2D eigenvalue weighted by Crippen LogP contribution is -2.66. The van der Waals surface area contributed by atoms with Crippen LogP contribution in [0.3, 0.4) is 0 Å². The van der Waals surface area contributed by atoms with Crippen LogP contribution in [0.2, 0.25) is 0 Å². The third-order valence-corrected chi connectivity index (χ3v) is 7.28. The molecule has 0 bridgehead atoms. The van der Waals surface area contributed by atoms with Crippen LogP contribution in [0.15, 0.2) is 48.5 Å². The number of rotatable bonds is 10. The summed E-state index contributed by atoms with van der Waals surface area (Å²) >= 11 is 0. The van der Waals surface area contributed by atoms with Crippen molar-refractivity contribution in [3.8, 4) is 0 Å². The van der Waals surface area contributed by atoms with E-state index in [2.05, 4.69) is 20.8 Å². The van der Waals surface area contributed by atoms with E-state index in [-0.39, 0.29) is 30.1 Å². The fourth-order valence-electron chi connectivity index (χ4n) is 5.12. The molecule has 0 amide bonds. The van der Waals surface area contributed by atoms with Crippen LogP contribution in [0.25, 0.3) is 0 Å². The molecule has 0 saturated carbocycles. The average Bonchev–Trinajstić information content (AvgIpc) is 2.81. The number of aliphatic hydroxyl groups is 6. The van der Waals surface area contributed by atoms with E-state index >= 15 is 0 Å². The molecule has 2 aromatic carbocycles. The number of benzene rings is 2. The Morgan fingerprint density at radius 3 is 1.50 bits per heavy atom. The van der Waals surface area contributed by atoms with Gasteiger partial charge in [-0.15, -0.1) is 0 Å². The van der Waals surface area contributed by atoms with E-state index < -0.39 is 36.1 Å². The highest BCUT2D eigenvalue weighted by atomic mass is 16.4. The molecule has 6 N–H and O–H groups in total. The quantitative estimate of drug-likeness (QED) is 0.297. The van der Waals surface area contributed by atoms with Gasteiger partial charge >= 0.3 is 0 Å². The van der Waals surface area contributed by atoms with Crippen molar-refractivity contribution in [3.05, 3.63) is 70.8 Å². The SMILES string of the molecule is CCC(O)(Cc1ccccc1C(C)(C)C)[C@@H](O)[C@@](O)(Cc1ccccc1C(C)(C)C)[C@H](O)[C@@H](O)CO. The molecule has 5 atom stereocenters.